The third-order valence-electron chi connectivity index (χ3n) is 8.63. The predicted molar refractivity (Wildman–Crippen MR) is 148 cm³/mol. The number of carbonyl (C=O) groups is 1. The number of hydrogen-bond donors (Lipinski definition) is 2. The molecule has 1 spiro atoms. The maximum Gasteiger partial charge on any atom is 0.254 e. The van der Waals surface area contributed by atoms with Gasteiger partial charge in [0.05, 0.1) is 17.9 Å². The van der Waals surface area contributed by atoms with Crippen molar-refractivity contribution in [3.05, 3.63) is 76.4 Å². The first-order valence-electron chi connectivity index (χ1n) is 13.2. The molecule has 6 rings (SSSR count). The summed E-state index contributed by atoms with van der Waals surface area (Å²) in [6.07, 6.45) is 17.4. The summed E-state index contributed by atoms with van der Waals surface area (Å²) in [4.78, 5) is 21.1. The van der Waals surface area contributed by atoms with E-state index in [1.165, 1.54) is 48.8 Å². The minimum atomic E-state index is 0.00386. The maximum absolute atomic E-state index is 12.5. The molecule has 5 heteroatoms. The summed E-state index contributed by atoms with van der Waals surface area (Å²) >= 11 is 0. The molecule has 1 atom stereocenters. The molecule has 1 fully saturated rings. The Bertz CT molecular complexity index is 1340. The number of rotatable bonds is 4. The Morgan fingerprint density at radius 1 is 1.03 bits per heavy atom. The molecule has 1 saturated carbocycles. The molecule has 0 bridgehead atoms. The number of nitrogens with zero attached hydrogens (tertiary/aromatic N) is 2. The highest BCUT2D eigenvalue weighted by atomic mass is 16.1. The molecule has 36 heavy (non-hydrogen) atoms. The molecular formula is C31H34N4O. The fourth-order valence-electron chi connectivity index (χ4n) is 6.82. The second-order valence-electron chi connectivity index (χ2n) is 10.7. The van der Waals surface area contributed by atoms with Gasteiger partial charge in [-0.1, -0.05) is 49.3 Å². The monoisotopic (exact) mass is 478 g/mol. The summed E-state index contributed by atoms with van der Waals surface area (Å²) in [5.74, 6) is 0.382. The fourth-order valence-corrected chi connectivity index (χ4v) is 6.82. The smallest absolute Gasteiger partial charge is 0.254 e. The van der Waals surface area contributed by atoms with E-state index in [1.54, 1.807) is 12.6 Å². The van der Waals surface area contributed by atoms with Crippen molar-refractivity contribution in [3.63, 3.8) is 0 Å². The van der Waals surface area contributed by atoms with Gasteiger partial charge >= 0.3 is 0 Å². The number of allylic oxidation sites excluding steroid dienone is 4. The van der Waals surface area contributed by atoms with Crippen LogP contribution in [0.2, 0.25) is 0 Å². The van der Waals surface area contributed by atoms with Crippen LogP contribution in [0.5, 0.6) is 0 Å². The van der Waals surface area contributed by atoms with E-state index >= 15 is 0 Å². The van der Waals surface area contributed by atoms with Crippen LogP contribution in [0.3, 0.4) is 0 Å². The molecule has 1 unspecified atom stereocenters. The Labute approximate surface area is 213 Å². The van der Waals surface area contributed by atoms with Crippen molar-refractivity contribution >= 4 is 23.5 Å². The summed E-state index contributed by atoms with van der Waals surface area (Å²) < 4.78 is 0. The van der Waals surface area contributed by atoms with Gasteiger partial charge in [-0.05, 0) is 83.0 Å². The van der Waals surface area contributed by atoms with Crippen LogP contribution in [0.4, 0.5) is 5.69 Å². The van der Waals surface area contributed by atoms with Crippen LogP contribution in [0.25, 0.3) is 11.1 Å². The van der Waals surface area contributed by atoms with Crippen molar-refractivity contribution in [2.24, 2.45) is 15.4 Å². The number of benzene rings is 2. The second kappa shape index (κ2) is 9.20. The summed E-state index contributed by atoms with van der Waals surface area (Å²) in [5.41, 5.74) is 11.1. The van der Waals surface area contributed by atoms with Gasteiger partial charge in [-0.25, -0.2) is 0 Å². The molecule has 0 aromatic heterocycles. The van der Waals surface area contributed by atoms with Crippen molar-refractivity contribution in [1.29, 1.82) is 0 Å². The van der Waals surface area contributed by atoms with E-state index in [2.05, 4.69) is 69.2 Å². The molecule has 4 aliphatic rings. The lowest BCUT2D eigenvalue weighted by Crippen LogP contribution is -2.34. The van der Waals surface area contributed by atoms with E-state index in [0.717, 1.165) is 40.9 Å². The van der Waals surface area contributed by atoms with E-state index in [-0.39, 0.29) is 5.91 Å². The number of amides is 1. The molecule has 2 aromatic carbocycles. The summed E-state index contributed by atoms with van der Waals surface area (Å²) in [6, 6.07) is 11.0. The van der Waals surface area contributed by atoms with E-state index in [4.69, 9.17) is 0 Å². The lowest BCUT2D eigenvalue weighted by Gasteiger charge is -2.23. The topological polar surface area (TPSA) is 65.8 Å². The largest absolute Gasteiger partial charge is 0.367 e. The maximum atomic E-state index is 12.5. The van der Waals surface area contributed by atoms with E-state index in [1.807, 2.05) is 13.3 Å². The molecule has 2 N–H and O–H groups in total. The molecule has 1 amide bonds. The van der Waals surface area contributed by atoms with Gasteiger partial charge in [-0.15, -0.1) is 0 Å². The zero-order valence-electron chi connectivity index (χ0n) is 21.2. The molecule has 184 valence electrons. The van der Waals surface area contributed by atoms with E-state index < -0.39 is 0 Å². The number of anilines is 1. The SMILES string of the molecule is CN=CC(=NC)C1=CCC(c2ccc(-c3ccc4c(c3)C(=O)NCN4)c3c2CC2(CCCC2)C3)C=C1. The Balaban J connectivity index is 1.39. The van der Waals surface area contributed by atoms with Crippen molar-refractivity contribution in [2.45, 2.75) is 50.9 Å². The van der Waals surface area contributed by atoms with Crippen molar-refractivity contribution in [1.82, 2.24) is 5.32 Å². The normalized spacial score (nSPS) is 22.4. The Morgan fingerprint density at radius 2 is 1.86 bits per heavy atom. The minimum absolute atomic E-state index is 0.00386. The van der Waals surface area contributed by atoms with Crippen LogP contribution < -0.4 is 10.6 Å². The molecular weight excluding hydrogens is 444 g/mol. The van der Waals surface area contributed by atoms with Crippen LogP contribution in [-0.2, 0) is 12.8 Å². The Kier molecular flexibility index (Phi) is 5.87. The fraction of sp³-hybridized carbons (Fsp3) is 0.387. The lowest BCUT2D eigenvalue weighted by molar-refractivity contribution is 0.0953. The number of hydrogen-bond acceptors (Lipinski definition) is 4. The molecule has 0 saturated heterocycles. The molecule has 3 aliphatic carbocycles. The van der Waals surface area contributed by atoms with Crippen molar-refractivity contribution < 1.29 is 4.79 Å². The van der Waals surface area contributed by atoms with Gasteiger partial charge < -0.3 is 10.6 Å². The van der Waals surface area contributed by atoms with Crippen LogP contribution in [0, 0.1) is 5.41 Å². The minimum Gasteiger partial charge on any atom is -0.367 e. The van der Waals surface area contributed by atoms with Crippen LogP contribution in [0.1, 0.15) is 65.1 Å². The highest BCUT2D eigenvalue weighted by Crippen LogP contribution is 2.53. The van der Waals surface area contributed by atoms with Gasteiger partial charge in [0.1, 0.15) is 0 Å². The Morgan fingerprint density at radius 3 is 2.61 bits per heavy atom. The zero-order valence-corrected chi connectivity index (χ0v) is 21.2. The highest BCUT2D eigenvalue weighted by Gasteiger charge is 2.42. The van der Waals surface area contributed by atoms with Gasteiger partial charge in [0.15, 0.2) is 0 Å². The third kappa shape index (κ3) is 3.91. The third-order valence-corrected chi connectivity index (χ3v) is 8.63. The van der Waals surface area contributed by atoms with E-state index in [0.29, 0.717) is 18.0 Å². The average molecular weight is 479 g/mol. The predicted octanol–water partition coefficient (Wildman–Crippen LogP) is 5.87. The molecule has 2 aromatic rings. The standard InChI is InChI=1S/C31H34N4O/c1-32-18-29(33-2)21-7-5-20(6-8-21)23-10-11-24(27-17-31(16-26(23)27)13-3-4-14-31)22-9-12-28-25(15-22)30(36)35-19-34-28/h5,7-12,15,18,20,34H,3-4,6,13-14,16-17,19H2,1-2H3,(H,35,36). The van der Waals surface area contributed by atoms with Crippen LogP contribution in [0.15, 0.2) is 64.1 Å². The van der Waals surface area contributed by atoms with Gasteiger partial charge in [0.25, 0.3) is 5.91 Å². The zero-order chi connectivity index (χ0) is 24.7. The van der Waals surface area contributed by atoms with Gasteiger partial charge in [-0.2, -0.15) is 0 Å². The summed E-state index contributed by atoms with van der Waals surface area (Å²) in [5, 5.41) is 6.18. The number of carbonyl (C=O) groups excluding carboxylic acids is 1. The lowest BCUT2D eigenvalue weighted by atomic mass is 9.81. The molecule has 1 heterocycles. The van der Waals surface area contributed by atoms with Crippen LogP contribution in [-0.4, -0.2) is 38.6 Å². The molecule has 5 nitrogen and oxygen atoms in total. The first-order chi connectivity index (χ1) is 17.6. The van der Waals surface area contributed by atoms with Gasteiger partial charge in [0.2, 0.25) is 0 Å². The van der Waals surface area contributed by atoms with E-state index in [9.17, 15) is 4.79 Å². The summed E-state index contributed by atoms with van der Waals surface area (Å²) in [7, 11) is 3.61. The number of nitrogens with one attached hydrogen (secondary N) is 2. The molecule has 1 aliphatic heterocycles. The van der Waals surface area contributed by atoms with Crippen molar-refractivity contribution in [2.75, 3.05) is 26.1 Å². The molecule has 0 radical (unpaired) electrons. The van der Waals surface area contributed by atoms with Gasteiger partial charge in [0, 0.05) is 31.9 Å². The number of aliphatic imine (C=N–C) groups is 2. The van der Waals surface area contributed by atoms with Crippen LogP contribution >= 0.6 is 0 Å². The first kappa shape index (κ1) is 23.0. The van der Waals surface area contributed by atoms with Gasteiger partial charge in [-0.3, -0.25) is 14.8 Å². The average Bonchev–Trinajstić information content (AvgIpc) is 3.53. The second-order valence-corrected chi connectivity index (χ2v) is 10.7. The first-order valence-corrected chi connectivity index (χ1v) is 13.2. The Hall–Kier alpha value is -3.47. The number of fused-ring (bicyclic) bond motifs is 2. The highest BCUT2D eigenvalue weighted by molar-refractivity contribution is 6.39. The summed E-state index contributed by atoms with van der Waals surface area (Å²) in [6.45, 7) is 0.486. The quantitative estimate of drug-likeness (QED) is 0.540. The van der Waals surface area contributed by atoms with Crippen molar-refractivity contribution in [3.8, 4) is 11.1 Å².